The molecule has 0 saturated carbocycles. The molecular formula is C12H9BrN4O2. The van der Waals surface area contributed by atoms with Crippen molar-refractivity contribution in [1.29, 1.82) is 0 Å². The van der Waals surface area contributed by atoms with Crippen LogP contribution < -0.4 is 5.32 Å². The summed E-state index contributed by atoms with van der Waals surface area (Å²) >= 11 is 3.15. The van der Waals surface area contributed by atoms with Crippen LogP contribution in [0.25, 0.3) is 11.2 Å². The van der Waals surface area contributed by atoms with Gasteiger partial charge in [-0.05, 0) is 28.1 Å². The predicted octanol–water partition coefficient (Wildman–Crippen LogP) is 2.24. The lowest BCUT2D eigenvalue weighted by Gasteiger charge is -1.99. The molecule has 0 atom stereocenters. The van der Waals surface area contributed by atoms with Crippen molar-refractivity contribution in [2.75, 3.05) is 0 Å². The summed E-state index contributed by atoms with van der Waals surface area (Å²) in [5, 5.41) is 2.75. The number of carbonyl (C=O) groups is 1. The molecule has 3 aromatic rings. The van der Waals surface area contributed by atoms with Gasteiger partial charge in [-0.2, -0.15) is 0 Å². The molecule has 19 heavy (non-hydrogen) atoms. The SMILES string of the molecule is O=C(NCc1nc2ncccc2[nH]1)c1coc(Br)c1. The molecule has 0 spiro atoms. The van der Waals surface area contributed by atoms with Gasteiger partial charge in [-0.1, -0.05) is 0 Å². The lowest BCUT2D eigenvalue weighted by atomic mass is 10.3. The van der Waals surface area contributed by atoms with Crippen LogP contribution in [-0.2, 0) is 6.54 Å². The van der Waals surface area contributed by atoms with Crippen molar-refractivity contribution in [2.24, 2.45) is 0 Å². The van der Waals surface area contributed by atoms with Gasteiger partial charge in [0.15, 0.2) is 10.3 Å². The van der Waals surface area contributed by atoms with E-state index in [0.717, 1.165) is 5.52 Å². The molecule has 0 aromatic carbocycles. The third-order valence-electron chi connectivity index (χ3n) is 2.55. The third kappa shape index (κ3) is 2.50. The first kappa shape index (κ1) is 11.9. The van der Waals surface area contributed by atoms with Gasteiger partial charge in [0.25, 0.3) is 5.91 Å². The Kier molecular flexibility index (Phi) is 3.04. The van der Waals surface area contributed by atoms with Crippen LogP contribution in [0.4, 0.5) is 0 Å². The maximum atomic E-state index is 11.8. The molecule has 0 radical (unpaired) electrons. The molecule has 7 heteroatoms. The van der Waals surface area contributed by atoms with Crippen LogP contribution in [0, 0.1) is 0 Å². The van der Waals surface area contributed by atoms with Gasteiger partial charge >= 0.3 is 0 Å². The van der Waals surface area contributed by atoms with Crippen LogP contribution in [0.1, 0.15) is 16.2 Å². The first-order chi connectivity index (χ1) is 9.22. The van der Waals surface area contributed by atoms with E-state index in [-0.39, 0.29) is 5.91 Å². The highest BCUT2D eigenvalue weighted by Crippen LogP contribution is 2.14. The van der Waals surface area contributed by atoms with E-state index >= 15 is 0 Å². The number of imidazole rings is 1. The van der Waals surface area contributed by atoms with E-state index in [0.29, 0.717) is 28.2 Å². The highest BCUT2D eigenvalue weighted by atomic mass is 79.9. The predicted molar refractivity (Wildman–Crippen MR) is 71.5 cm³/mol. The van der Waals surface area contributed by atoms with Crippen LogP contribution in [0.5, 0.6) is 0 Å². The molecule has 0 aliphatic heterocycles. The lowest BCUT2D eigenvalue weighted by Crippen LogP contribution is -2.22. The number of furan rings is 1. The molecule has 0 bridgehead atoms. The minimum Gasteiger partial charge on any atom is -0.457 e. The van der Waals surface area contributed by atoms with E-state index in [9.17, 15) is 4.79 Å². The van der Waals surface area contributed by atoms with Gasteiger partial charge in [-0.15, -0.1) is 0 Å². The third-order valence-corrected chi connectivity index (χ3v) is 2.97. The standard InChI is InChI=1S/C12H9BrN4O2/c13-9-4-7(6-19-9)12(18)15-5-10-16-8-2-1-3-14-11(8)17-10/h1-4,6H,5H2,(H,15,18)(H,14,16,17). The lowest BCUT2D eigenvalue weighted by molar-refractivity contribution is 0.0949. The van der Waals surface area contributed by atoms with Crippen LogP contribution in [0.15, 0.2) is 39.7 Å². The average Bonchev–Trinajstić information content (AvgIpc) is 3.01. The quantitative estimate of drug-likeness (QED) is 0.775. The molecule has 3 heterocycles. The second-order valence-electron chi connectivity index (χ2n) is 3.88. The molecule has 0 aliphatic rings. The Morgan fingerprint density at radius 3 is 3.16 bits per heavy atom. The summed E-state index contributed by atoms with van der Waals surface area (Å²) < 4.78 is 5.53. The Balaban J connectivity index is 1.70. The Bertz CT molecular complexity index is 701. The van der Waals surface area contributed by atoms with Crippen molar-refractivity contribution in [2.45, 2.75) is 6.54 Å². The normalized spacial score (nSPS) is 10.8. The zero-order chi connectivity index (χ0) is 13.2. The summed E-state index contributed by atoms with van der Waals surface area (Å²) in [6, 6.07) is 5.31. The summed E-state index contributed by atoms with van der Waals surface area (Å²) in [5.41, 5.74) is 1.94. The number of pyridine rings is 1. The Hall–Kier alpha value is -2.15. The van der Waals surface area contributed by atoms with Crippen molar-refractivity contribution in [3.05, 3.63) is 46.7 Å². The van der Waals surface area contributed by atoms with Gasteiger partial charge in [0, 0.05) is 12.3 Å². The van der Waals surface area contributed by atoms with Crippen molar-refractivity contribution in [3.63, 3.8) is 0 Å². The number of hydrogen-bond acceptors (Lipinski definition) is 4. The highest BCUT2D eigenvalue weighted by Gasteiger charge is 2.10. The summed E-state index contributed by atoms with van der Waals surface area (Å²) in [4.78, 5) is 23.3. The van der Waals surface area contributed by atoms with Crippen LogP contribution >= 0.6 is 15.9 Å². The van der Waals surface area contributed by atoms with Crippen LogP contribution in [-0.4, -0.2) is 20.9 Å². The van der Waals surface area contributed by atoms with Gasteiger partial charge in [-0.25, -0.2) is 9.97 Å². The minimum absolute atomic E-state index is 0.220. The fourth-order valence-electron chi connectivity index (χ4n) is 1.67. The molecule has 0 unspecified atom stereocenters. The van der Waals surface area contributed by atoms with E-state index in [1.54, 1.807) is 12.3 Å². The topological polar surface area (TPSA) is 83.8 Å². The van der Waals surface area contributed by atoms with Gasteiger partial charge in [0.1, 0.15) is 12.1 Å². The highest BCUT2D eigenvalue weighted by molar-refractivity contribution is 9.10. The number of nitrogens with zero attached hydrogens (tertiary/aromatic N) is 2. The summed E-state index contributed by atoms with van der Waals surface area (Å²) in [5.74, 6) is 0.437. The van der Waals surface area contributed by atoms with Gasteiger partial charge in [0.2, 0.25) is 0 Å². The average molecular weight is 321 g/mol. The first-order valence-corrected chi connectivity index (χ1v) is 6.33. The Morgan fingerprint density at radius 1 is 1.53 bits per heavy atom. The van der Waals surface area contributed by atoms with Crippen LogP contribution in [0.3, 0.4) is 0 Å². The minimum atomic E-state index is -0.220. The molecule has 3 rings (SSSR count). The summed E-state index contributed by atoms with van der Waals surface area (Å²) in [6.45, 7) is 0.304. The molecule has 6 nitrogen and oxygen atoms in total. The number of hydrogen-bond donors (Lipinski definition) is 2. The number of rotatable bonds is 3. The molecular weight excluding hydrogens is 312 g/mol. The van der Waals surface area contributed by atoms with E-state index in [1.807, 2.05) is 12.1 Å². The van der Waals surface area contributed by atoms with Crippen LogP contribution in [0.2, 0.25) is 0 Å². The van der Waals surface area contributed by atoms with Crippen molar-refractivity contribution < 1.29 is 9.21 Å². The maximum Gasteiger partial charge on any atom is 0.254 e. The molecule has 3 aromatic heterocycles. The number of amides is 1. The van der Waals surface area contributed by atoms with Gasteiger partial charge in [-0.3, -0.25) is 4.79 Å². The van der Waals surface area contributed by atoms with E-state index in [1.165, 1.54) is 6.26 Å². The fourth-order valence-corrected chi connectivity index (χ4v) is 2.01. The second-order valence-corrected chi connectivity index (χ2v) is 4.66. The number of fused-ring (bicyclic) bond motifs is 1. The summed E-state index contributed by atoms with van der Waals surface area (Å²) in [6.07, 6.45) is 3.06. The largest absolute Gasteiger partial charge is 0.457 e. The molecule has 1 amide bonds. The number of halogens is 1. The Morgan fingerprint density at radius 2 is 2.42 bits per heavy atom. The van der Waals surface area contributed by atoms with E-state index in [4.69, 9.17) is 4.42 Å². The fraction of sp³-hybridized carbons (Fsp3) is 0.0833. The zero-order valence-corrected chi connectivity index (χ0v) is 11.3. The van der Waals surface area contributed by atoms with Gasteiger partial charge in [0.05, 0.1) is 17.6 Å². The van der Waals surface area contributed by atoms with E-state index in [2.05, 4.69) is 36.2 Å². The number of H-pyrrole nitrogens is 1. The van der Waals surface area contributed by atoms with Crippen molar-refractivity contribution in [3.8, 4) is 0 Å². The van der Waals surface area contributed by atoms with Gasteiger partial charge < -0.3 is 14.7 Å². The number of carbonyl (C=O) groups excluding carboxylic acids is 1. The van der Waals surface area contributed by atoms with Crippen molar-refractivity contribution >= 4 is 33.0 Å². The number of aromatic nitrogens is 3. The zero-order valence-electron chi connectivity index (χ0n) is 9.68. The smallest absolute Gasteiger partial charge is 0.254 e. The maximum absolute atomic E-state index is 11.8. The second kappa shape index (κ2) is 4.85. The Labute approximate surface area is 116 Å². The summed E-state index contributed by atoms with van der Waals surface area (Å²) in [7, 11) is 0. The molecule has 0 fully saturated rings. The van der Waals surface area contributed by atoms with Crippen molar-refractivity contribution in [1.82, 2.24) is 20.3 Å². The molecule has 2 N–H and O–H groups in total. The first-order valence-electron chi connectivity index (χ1n) is 5.54. The monoisotopic (exact) mass is 320 g/mol. The molecule has 96 valence electrons. The van der Waals surface area contributed by atoms with E-state index < -0.39 is 0 Å². The molecule has 0 saturated heterocycles. The number of aromatic amines is 1. The molecule has 0 aliphatic carbocycles. The number of nitrogens with one attached hydrogen (secondary N) is 2.